The zero-order valence-electron chi connectivity index (χ0n) is 15.3. The SMILES string of the molecule is COc1ccc(C(=O)CSc2nc(CC(=O)Nc3ccc(F)c(F)c3)cs2)cc1. The summed E-state index contributed by atoms with van der Waals surface area (Å²) in [5.41, 5.74) is 1.29. The summed E-state index contributed by atoms with van der Waals surface area (Å²) in [7, 11) is 1.56. The lowest BCUT2D eigenvalue weighted by atomic mass is 10.1. The summed E-state index contributed by atoms with van der Waals surface area (Å²) in [6.45, 7) is 0. The van der Waals surface area contributed by atoms with E-state index < -0.39 is 17.5 Å². The smallest absolute Gasteiger partial charge is 0.230 e. The first-order valence-corrected chi connectivity index (χ1v) is 10.3. The summed E-state index contributed by atoms with van der Waals surface area (Å²) in [6.07, 6.45) is -0.0114. The van der Waals surface area contributed by atoms with Gasteiger partial charge in [-0.15, -0.1) is 11.3 Å². The first-order chi connectivity index (χ1) is 13.9. The normalized spacial score (nSPS) is 10.6. The van der Waals surface area contributed by atoms with Gasteiger partial charge in [-0.25, -0.2) is 13.8 Å². The van der Waals surface area contributed by atoms with Gasteiger partial charge in [-0.2, -0.15) is 0 Å². The number of hydrogen-bond donors (Lipinski definition) is 1. The lowest BCUT2D eigenvalue weighted by Crippen LogP contribution is -2.14. The van der Waals surface area contributed by atoms with Gasteiger partial charge >= 0.3 is 0 Å². The molecule has 1 amide bonds. The number of nitrogens with one attached hydrogen (secondary N) is 1. The first-order valence-electron chi connectivity index (χ1n) is 8.44. The predicted molar refractivity (Wildman–Crippen MR) is 109 cm³/mol. The Morgan fingerprint density at radius 1 is 1.14 bits per heavy atom. The van der Waals surface area contributed by atoms with E-state index in [1.54, 1.807) is 36.8 Å². The molecule has 0 bridgehead atoms. The molecule has 0 atom stereocenters. The van der Waals surface area contributed by atoms with Crippen molar-refractivity contribution < 1.29 is 23.1 Å². The number of hydrogen-bond acceptors (Lipinski definition) is 6. The van der Waals surface area contributed by atoms with Crippen molar-refractivity contribution in [1.82, 2.24) is 4.98 Å². The molecule has 1 heterocycles. The molecule has 0 fully saturated rings. The van der Waals surface area contributed by atoms with Crippen molar-refractivity contribution in [2.24, 2.45) is 0 Å². The van der Waals surface area contributed by atoms with E-state index in [0.29, 0.717) is 21.3 Å². The lowest BCUT2D eigenvalue weighted by Gasteiger charge is -2.04. The topological polar surface area (TPSA) is 68.3 Å². The zero-order valence-corrected chi connectivity index (χ0v) is 16.9. The number of ether oxygens (including phenoxy) is 1. The van der Waals surface area contributed by atoms with Crippen molar-refractivity contribution in [2.75, 3.05) is 18.2 Å². The van der Waals surface area contributed by atoms with Gasteiger partial charge in [-0.3, -0.25) is 9.59 Å². The highest BCUT2D eigenvalue weighted by atomic mass is 32.2. The Bertz CT molecular complexity index is 1020. The maximum absolute atomic E-state index is 13.2. The minimum Gasteiger partial charge on any atom is -0.497 e. The molecule has 0 spiro atoms. The van der Waals surface area contributed by atoms with Gasteiger partial charge in [0.25, 0.3) is 0 Å². The van der Waals surface area contributed by atoms with Gasteiger partial charge in [0, 0.05) is 22.7 Å². The zero-order chi connectivity index (χ0) is 20.8. The summed E-state index contributed by atoms with van der Waals surface area (Å²) < 4.78 is 31.9. The molecule has 0 aliphatic rings. The van der Waals surface area contributed by atoms with Crippen LogP contribution < -0.4 is 10.1 Å². The van der Waals surface area contributed by atoms with Gasteiger partial charge in [0.2, 0.25) is 5.91 Å². The standard InChI is InChI=1S/C20H16F2N2O3S2/c1-27-15-5-2-12(3-6-15)18(25)11-29-20-24-14(10-28-20)9-19(26)23-13-4-7-16(21)17(22)8-13/h2-8,10H,9,11H2,1H3,(H,23,26). The number of amides is 1. The van der Waals surface area contributed by atoms with E-state index in [2.05, 4.69) is 10.3 Å². The van der Waals surface area contributed by atoms with E-state index in [-0.39, 0.29) is 23.6 Å². The number of nitrogens with zero attached hydrogens (tertiary/aromatic N) is 1. The fourth-order valence-electron chi connectivity index (χ4n) is 2.37. The maximum Gasteiger partial charge on any atom is 0.230 e. The van der Waals surface area contributed by atoms with Gasteiger partial charge in [-0.05, 0) is 36.4 Å². The molecule has 0 unspecified atom stereocenters. The van der Waals surface area contributed by atoms with Crippen LogP contribution in [0.3, 0.4) is 0 Å². The van der Waals surface area contributed by atoms with Crippen molar-refractivity contribution in [1.29, 1.82) is 0 Å². The minimum absolute atomic E-state index is 0.0114. The molecule has 3 rings (SSSR count). The van der Waals surface area contributed by atoms with E-state index >= 15 is 0 Å². The monoisotopic (exact) mass is 434 g/mol. The third-order valence-corrected chi connectivity index (χ3v) is 5.88. The molecule has 0 radical (unpaired) electrons. The summed E-state index contributed by atoms with van der Waals surface area (Å²) in [4.78, 5) is 28.6. The third kappa shape index (κ3) is 5.85. The number of carbonyl (C=O) groups is 2. The van der Waals surface area contributed by atoms with Crippen LogP contribution in [-0.2, 0) is 11.2 Å². The largest absolute Gasteiger partial charge is 0.497 e. The Labute approximate surface area is 174 Å². The number of methoxy groups -OCH3 is 1. The van der Waals surface area contributed by atoms with Gasteiger partial charge in [0.1, 0.15) is 5.75 Å². The number of Topliss-reactive ketones (excluding diaryl/α,β-unsaturated/α-hetero) is 1. The van der Waals surface area contributed by atoms with Crippen molar-refractivity contribution in [2.45, 2.75) is 10.8 Å². The molecule has 0 aliphatic carbocycles. The lowest BCUT2D eigenvalue weighted by molar-refractivity contribution is -0.115. The molecular weight excluding hydrogens is 418 g/mol. The number of rotatable bonds is 8. The van der Waals surface area contributed by atoms with Crippen LogP contribution in [0.15, 0.2) is 52.2 Å². The van der Waals surface area contributed by atoms with Crippen molar-refractivity contribution in [3.05, 3.63) is 70.7 Å². The van der Waals surface area contributed by atoms with Gasteiger partial charge in [0.15, 0.2) is 21.8 Å². The maximum atomic E-state index is 13.2. The Kier molecular flexibility index (Phi) is 6.95. The molecular formula is C20H16F2N2O3S2. The summed E-state index contributed by atoms with van der Waals surface area (Å²) in [5.74, 6) is -1.54. The summed E-state index contributed by atoms with van der Waals surface area (Å²) in [5, 5.41) is 4.22. The number of aromatic nitrogens is 1. The van der Waals surface area contributed by atoms with E-state index in [4.69, 9.17) is 4.74 Å². The van der Waals surface area contributed by atoms with Gasteiger partial charge < -0.3 is 10.1 Å². The molecule has 29 heavy (non-hydrogen) atoms. The van der Waals surface area contributed by atoms with Crippen LogP contribution in [0.2, 0.25) is 0 Å². The second-order valence-corrected chi connectivity index (χ2v) is 7.98. The quantitative estimate of drug-likeness (QED) is 0.415. The Hall–Kier alpha value is -2.78. The van der Waals surface area contributed by atoms with Gasteiger partial charge in [0.05, 0.1) is 25.0 Å². The third-order valence-electron chi connectivity index (χ3n) is 3.81. The minimum atomic E-state index is -1.03. The highest BCUT2D eigenvalue weighted by Gasteiger charge is 2.12. The predicted octanol–water partition coefficient (Wildman–Crippen LogP) is 4.59. The average Bonchev–Trinajstić information content (AvgIpc) is 3.16. The Morgan fingerprint density at radius 3 is 2.59 bits per heavy atom. The van der Waals surface area contributed by atoms with Crippen LogP contribution in [-0.4, -0.2) is 29.5 Å². The summed E-state index contributed by atoms with van der Waals surface area (Å²) in [6, 6.07) is 10.0. The van der Waals surface area contributed by atoms with Crippen molar-refractivity contribution in [3.8, 4) is 5.75 Å². The van der Waals surface area contributed by atoms with Crippen LogP contribution in [0.25, 0.3) is 0 Å². The first kappa shape index (κ1) is 20.9. The second-order valence-electron chi connectivity index (χ2n) is 5.90. The van der Waals surface area contributed by atoms with Crippen LogP contribution in [0.1, 0.15) is 16.1 Å². The Morgan fingerprint density at radius 2 is 1.90 bits per heavy atom. The number of thioether (sulfide) groups is 1. The molecule has 0 saturated carbocycles. The Balaban J connectivity index is 1.51. The fourth-order valence-corrected chi connectivity index (χ4v) is 4.11. The number of benzene rings is 2. The fraction of sp³-hybridized carbons (Fsp3) is 0.150. The number of ketones is 1. The van der Waals surface area contributed by atoms with Crippen molar-refractivity contribution >= 4 is 40.5 Å². The molecule has 1 N–H and O–H groups in total. The molecule has 0 saturated heterocycles. The summed E-state index contributed by atoms with van der Waals surface area (Å²) >= 11 is 2.63. The molecule has 5 nitrogen and oxygen atoms in total. The molecule has 3 aromatic rings. The van der Waals surface area contributed by atoms with Crippen LogP contribution in [0.5, 0.6) is 5.75 Å². The highest BCUT2D eigenvalue weighted by Crippen LogP contribution is 2.24. The number of carbonyl (C=O) groups excluding carboxylic acids is 2. The molecule has 9 heteroatoms. The van der Waals surface area contributed by atoms with Crippen molar-refractivity contribution in [3.63, 3.8) is 0 Å². The van der Waals surface area contributed by atoms with Crippen LogP contribution in [0, 0.1) is 11.6 Å². The van der Waals surface area contributed by atoms with Crippen LogP contribution in [0.4, 0.5) is 14.5 Å². The highest BCUT2D eigenvalue weighted by molar-refractivity contribution is 8.01. The van der Waals surface area contributed by atoms with Gasteiger partial charge in [-0.1, -0.05) is 11.8 Å². The average molecular weight is 434 g/mol. The number of anilines is 1. The molecule has 2 aromatic carbocycles. The molecule has 150 valence electrons. The van der Waals surface area contributed by atoms with E-state index in [0.717, 1.165) is 12.1 Å². The van der Waals surface area contributed by atoms with E-state index in [9.17, 15) is 18.4 Å². The number of halogens is 2. The van der Waals surface area contributed by atoms with Crippen LogP contribution >= 0.6 is 23.1 Å². The molecule has 1 aromatic heterocycles. The van der Waals surface area contributed by atoms with E-state index in [1.807, 2.05) is 0 Å². The number of thiazole rings is 1. The second kappa shape index (κ2) is 9.62. The van der Waals surface area contributed by atoms with E-state index in [1.165, 1.54) is 29.2 Å². The molecule has 0 aliphatic heterocycles.